The van der Waals surface area contributed by atoms with E-state index in [4.69, 9.17) is 93.7 Å². The molecule has 0 aliphatic carbocycles. The van der Waals surface area contributed by atoms with Crippen molar-refractivity contribution in [1.29, 1.82) is 0 Å². The van der Waals surface area contributed by atoms with Crippen molar-refractivity contribution in [3.05, 3.63) is 179 Å². The highest BCUT2D eigenvalue weighted by Gasteiger charge is 2.14. The number of carbonyl (C=O) groups is 10. The van der Waals surface area contributed by atoms with Crippen molar-refractivity contribution >= 4 is 94.7 Å². The van der Waals surface area contributed by atoms with E-state index in [9.17, 15) is 47.9 Å². The molecule has 0 saturated heterocycles. The Morgan fingerprint density at radius 1 is 0.290 bits per heavy atom. The number of nitrogens with two attached hydrogens (primary N) is 6. The molecule has 0 atom stereocenters. The smallest absolute Gasteiger partial charge is 0.346 e. The maximum absolute atomic E-state index is 11.2. The summed E-state index contributed by atoms with van der Waals surface area (Å²) in [7, 11) is 0. The lowest BCUT2D eigenvalue weighted by molar-refractivity contribution is -0.157. The number of aliphatic carboxylic acids is 4. The summed E-state index contributed by atoms with van der Waals surface area (Å²) < 4.78 is 36.6. The Hall–Kier alpha value is -14.6. The van der Waals surface area contributed by atoms with Gasteiger partial charge < -0.3 is 118 Å². The monoisotopic (exact) mass is 1390 g/mol. The van der Waals surface area contributed by atoms with Crippen LogP contribution in [0.1, 0.15) is 72.9 Å². The van der Waals surface area contributed by atoms with Gasteiger partial charge in [0.1, 0.15) is 60.2 Å². The van der Waals surface area contributed by atoms with Gasteiger partial charge in [0.25, 0.3) is 0 Å². The Morgan fingerprint density at radius 2 is 0.450 bits per heavy atom. The van der Waals surface area contributed by atoms with Gasteiger partial charge in [-0.25, -0.2) is 19.2 Å². The fourth-order valence-corrected chi connectivity index (χ4v) is 6.38. The van der Waals surface area contributed by atoms with E-state index in [0.29, 0.717) is 67.9 Å². The number of oxime groups is 6. The van der Waals surface area contributed by atoms with Gasteiger partial charge in [0, 0.05) is 47.2 Å². The fraction of sp³-hybridized carbons (Fsp3) is 0.148. The molecular weight excluding hydrogens is 1330 g/mol. The van der Waals surface area contributed by atoms with Crippen molar-refractivity contribution in [3.63, 3.8) is 0 Å². The molecule has 18 N–H and O–H groups in total. The first kappa shape index (κ1) is 79.7. The van der Waals surface area contributed by atoms with Crippen LogP contribution in [-0.4, -0.2) is 146 Å². The number of carbonyl (C=O) groups excluding carboxylic acids is 6. The fourth-order valence-electron chi connectivity index (χ4n) is 6.38. The molecule has 0 fully saturated rings. The van der Waals surface area contributed by atoms with E-state index in [0.717, 1.165) is 0 Å². The molecule has 39 heteroatoms. The molecule has 0 heterocycles. The average molecular weight is 1400 g/mol. The van der Waals surface area contributed by atoms with Crippen LogP contribution in [0.5, 0.6) is 34.5 Å². The Balaban J connectivity index is 0.000000378. The number of ether oxygens (including phenoxy) is 7. The predicted octanol–water partition coefficient (Wildman–Crippen LogP) is 2.14. The first-order valence-corrected chi connectivity index (χ1v) is 27.6. The van der Waals surface area contributed by atoms with Gasteiger partial charge in [-0.05, 0) is 146 Å². The van der Waals surface area contributed by atoms with E-state index in [1.807, 2.05) is 0 Å². The summed E-state index contributed by atoms with van der Waals surface area (Å²) in [6.45, 7) is 2.07. The third-order valence-electron chi connectivity index (χ3n) is 10.9. The minimum atomic E-state index is -1.35. The molecule has 0 aliphatic heterocycles. The van der Waals surface area contributed by atoms with Crippen LogP contribution in [0.4, 0.5) is 0 Å². The molecule has 0 spiro atoms. The largest absolute Gasteiger partial charge is 0.481 e. The van der Waals surface area contributed by atoms with E-state index in [2.05, 4.69) is 55.0 Å². The number of esters is 2. The molecule has 0 amide bonds. The molecule has 100 heavy (non-hydrogen) atoms. The number of carboxylic acids is 4. The second kappa shape index (κ2) is 42.6. The maximum atomic E-state index is 11.2. The Labute approximate surface area is 563 Å². The lowest BCUT2D eigenvalue weighted by Crippen LogP contribution is -2.16. The zero-order chi connectivity index (χ0) is 74.1. The van der Waals surface area contributed by atoms with E-state index >= 15 is 0 Å². The highest BCUT2D eigenvalue weighted by atomic mass is 16.7. The summed E-state index contributed by atoms with van der Waals surface area (Å²) in [6.07, 6.45) is -3.34. The molecule has 0 bridgehead atoms. The van der Waals surface area contributed by atoms with Gasteiger partial charge >= 0.3 is 59.7 Å². The topological polar surface area (TPSA) is 624 Å². The Bertz CT molecular complexity index is 3530. The standard InChI is InChI=1S/2C21H20N4O10.C15H16N4O4.C4H6O3/c2*22-20(24-34-18(30)9-16(26)27)12-1-5-14(6-2-12)32-11-33-15-7-3-13(4-8-15)21(23)25-35-19(31)10-17(28)29;16-14(18-20)10-1-5-12(6-2-10)22-9-23-13-7-3-11(4-8-13)15(17)19-21;1-3(5)7-4(2)6/h2*1-8H,9-11H2,(H2,22,24)(H2,23,25)(H,26,27)(H,28,29);1-8,20-21H,9H2,(H2,16,18)(H2,17,19);1-2H3. The Kier molecular flexibility index (Phi) is 34.0. The molecule has 0 radical (unpaired) electrons. The van der Waals surface area contributed by atoms with E-state index in [-0.39, 0.29) is 55.4 Å². The van der Waals surface area contributed by atoms with Gasteiger partial charge in [-0.15, -0.1) is 0 Å². The lowest BCUT2D eigenvalue weighted by Gasteiger charge is -2.09. The average Bonchev–Trinajstić information content (AvgIpc) is 0.942. The molecule has 6 aromatic rings. The second-order valence-electron chi connectivity index (χ2n) is 18.5. The van der Waals surface area contributed by atoms with E-state index in [1.54, 1.807) is 146 Å². The third-order valence-corrected chi connectivity index (χ3v) is 10.9. The highest BCUT2D eigenvalue weighted by molar-refractivity contribution is 6.01. The quantitative estimate of drug-likeness (QED) is 0.00449. The number of amidine groups is 6. The van der Waals surface area contributed by atoms with Gasteiger partial charge in [0.2, 0.25) is 20.4 Å². The molecule has 6 aromatic carbocycles. The summed E-state index contributed by atoms with van der Waals surface area (Å²) >= 11 is 0. The number of rotatable bonds is 30. The number of benzene rings is 6. The van der Waals surface area contributed by atoms with Crippen LogP contribution in [-0.2, 0) is 72.0 Å². The summed E-state index contributed by atoms with van der Waals surface area (Å²) in [5, 5.41) is 70.5. The van der Waals surface area contributed by atoms with Crippen molar-refractivity contribution in [3.8, 4) is 34.5 Å². The van der Waals surface area contributed by atoms with E-state index < -0.39 is 85.4 Å². The molecule has 39 nitrogen and oxygen atoms in total. The Morgan fingerprint density at radius 3 is 0.580 bits per heavy atom. The van der Waals surface area contributed by atoms with Crippen LogP contribution in [0.15, 0.2) is 177 Å². The van der Waals surface area contributed by atoms with Crippen molar-refractivity contribution in [1.82, 2.24) is 0 Å². The minimum absolute atomic E-state index is 0.00579. The molecule has 6 rings (SSSR count). The van der Waals surface area contributed by atoms with Crippen molar-refractivity contribution in [2.75, 3.05) is 20.4 Å². The second-order valence-corrected chi connectivity index (χ2v) is 18.5. The van der Waals surface area contributed by atoms with Gasteiger partial charge in [0.15, 0.2) is 35.0 Å². The normalized spacial score (nSPS) is 11.2. The first-order valence-electron chi connectivity index (χ1n) is 27.6. The minimum Gasteiger partial charge on any atom is -0.481 e. The summed E-state index contributed by atoms with van der Waals surface area (Å²) in [4.78, 5) is 124. The zero-order valence-electron chi connectivity index (χ0n) is 52.2. The molecule has 0 unspecified atom stereocenters. The molecule has 528 valence electrons. The van der Waals surface area contributed by atoms with Crippen LogP contribution in [0.2, 0.25) is 0 Å². The van der Waals surface area contributed by atoms with Crippen LogP contribution >= 0.6 is 0 Å². The van der Waals surface area contributed by atoms with Gasteiger partial charge in [0.05, 0.1) is 0 Å². The SMILES string of the molecule is CC(=O)OC(C)=O.N/C(=N\O)c1ccc(OCOc2ccc(/C(N)=N/O)cc2)cc1.N/C(=N\OC(=O)CC(=O)O)c1ccc(OCOc2ccc(/C(N)=N/OC(=O)CC(=O)O)cc2)cc1.N/C(=N\OC(=O)CC(=O)O)c1ccc(OCOc2ccc(/C(N)=N/OC(=O)CC(=O)O)cc2)cc1. The van der Waals surface area contributed by atoms with Gasteiger partial charge in [-0.3, -0.25) is 28.8 Å². The van der Waals surface area contributed by atoms with Crippen molar-refractivity contribution < 1.29 is 131 Å². The summed E-state index contributed by atoms with van der Waals surface area (Å²) in [5.41, 5.74) is 36.4. The highest BCUT2D eigenvalue weighted by Crippen LogP contribution is 2.19. The maximum Gasteiger partial charge on any atom is 0.346 e. The predicted molar refractivity (Wildman–Crippen MR) is 341 cm³/mol. The summed E-state index contributed by atoms with van der Waals surface area (Å²) in [5.74, 6) is -8.34. The first-order chi connectivity index (χ1) is 47.5. The number of carboxylic acid groups (broad SMARTS) is 4. The molecule has 0 saturated carbocycles. The number of nitrogens with zero attached hydrogens (tertiary/aromatic N) is 6. The molecule has 0 aliphatic rings. The third kappa shape index (κ3) is 32.8. The summed E-state index contributed by atoms with van der Waals surface area (Å²) in [6, 6.07) is 38.2. The molecular formula is C61H62N12O27. The van der Waals surface area contributed by atoms with Crippen LogP contribution in [0.25, 0.3) is 0 Å². The van der Waals surface area contributed by atoms with Crippen molar-refractivity contribution in [2.45, 2.75) is 39.5 Å². The van der Waals surface area contributed by atoms with Crippen LogP contribution < -0.4 is 62.8 Å². The van der Waals surface area contributed by atoms with Crippen molar-refractivity contribution in [2.24, 2.45) is 65.3 Å². The molecule has 0 aromatic heterocycles. The number of hydrogen-bond acceptors (Lipinski definition) is 29. The van der Waals surface area contributed by atoms with Gasteiger partial charge in [-0.1, -0.05) is 30.9 Å². The zero-order valence-corrected chi connectivity index (χ0v) is 52.2. The lowest BCUT2D eigenvalue weighted by atomic mass is 10.2. The van der Waals surface area contributed by atoms with Crippen LogP contribution in [0, 0.1) is 0 Å². The van der Waals surface area contributed by atoms with E-state index in [1.165, 1.54) is 13.8 Å². The van der Waals surface area contributed by atoms with Gasteiger partial charge in [-0.2, -0.15) is 0 Å². The number of hydrogen-bond donors (Lipinski definition) is 12. The van der Waals surface area contributed by atoms with Crippen LogP contribution in [0.3, 0.4) is 0 Å².